The molecule has 0 atom stereocenters. The van der Waals surface area contributed by atoms with Gasteiger partial charge in [-0.1, -0.05) is 19.1 Å². The highest BCUT2D eigenvalue weighted by Crippen LogP contribution is 2.17. The number of anilines is 1. The molecule has 0 radical (unpaired) electrons. The van der Waals surface area contributed by atoms with Crippen molar-refractivity contribution in [2.45, 2.75) is 20.8 Å². The van der Waals surface area contributed by atoms with Gasteiger partial charge in [-0.25, -0.2) is 0 Å². The molecule has 0 amide bonds. The SMILES string of the molecule is CCNCCNc1cccc(C)c1C. The van der Waals surface area contributed by atoms with E-state index < -0.39 is 0 Å². The lowest BCUT2D eigenvalue weighted by atomic mass is 10.1. The first kappa shape index (κ1) is 11.1. The molecule has 0 fully saturated rings. The summed E-state index contributed by atoms with van der Waals surface area (Å²) in [6, 6.07) is 6.37. The van der Waals surface area contributed by atoms with E-state index in [0.29, 0.717) is 0 Å². The van der Waals surface area contributed by atoms with Crippen LogP contribution < -0.4 is 10.6 Å². The molecule has 0 heterocycles. The van der Waals surface area contributed by atoms with Crippen LogP contribution in [0.4, 0.5) is 5.69 Å². The predicted molar refractivity (Wildman–Crippen MR) is 62.9 cm³/mol. The standard InChI is InChI=1S/C12H20N2/c1-4-13-8-9-14-12-7-5-6-10(2)11(12)3/h5-7,13-14H,4,8-9H2,1-3H3. The summed E-state index contributed by atoms with van der Waals surface area (Å²) in [6.45, 7) is 9.46. The molecule has 1 rings (SSSR count). The van der Waals surface area contributed by atoms with E-state index in [4.69, 9.17) is 0 Å². The van der Waals surface area contributed by atoms with E-state index in [0.717, 1.165) is 19.6 Å². The normalized spacial score (nSPS) is 10.2. The smallest absolute Gasteiger partial charge is 0.0372 e. The van der Waals surface area contributed by atoms with Gasteiger partial charge in [0.05, 0.1) is 0 Å². The van der Waals surface area contributed by atoms with E-state index in [1.165, 1.54) is 16.8 Å². The first-order valence-corrected chi connectivity index (χ1v) is 5.26. The summed E-state index contributed by atoms with van der Waals surface area (Å²) >= 11 is 0. The second-order valence-electron chi connectivity index (χ2n) is 3.53. The lowest BCUT2D eigenvalue weighted by molar-refractivity contribution is 0.739. The molecular weight excluding hydrogens is 172 g/mol. The maximum atomic E-state index is 3.43. The molecule has 0 unspecified atom stereocenters. The first-order chi connectivity index (χ1) is 6.75. The summed E-state index contributed by atoms with van der Waals surface area (Å²) < 4.78 is 0. The fourth-order valence-corrected chi connectivity index (χ4v) is 1.40. The van der Waals surface area contributed by atoms with E-state index in [-0.39, 0.29) is 0 Å². The summed E-state index contributed by atoms with van der Waals surface area (Å²) in [5.74, 6) is 0. The van der Waals surface area contributed by atoms with Crippen molar-refractivity contribution in [3.63, 3.8) is 0 Å². The van der Waals surface area contributed by atoms with Crippen LogP contribution in [0, 0.1) is 13.8 Å². The van der Waals surface area contributed by atoms with Gasteiger partial charge >= 0.3 is 0 Å². The minimum atomic E-state index is 0.984. The molecule has 0 spiro atoms. The zero-order chi connectivity index (χ0) is 10.4. The number of likely N-dealkylation sites (N-methyl/N-ethyl adjacent to an activating group) is 1. The number of nitrogens with one attached hydrogen (secondary N) is 2. The highest BCUT2D eigenvalue weighted by molar-refractivity contribution is 5.53. The van der Waals surface area contributed by atoms with Crippen LogP contribution in [0.2, 0.25) is 0 Å². The van der Waals surface area contributed by atoms with E-state index in [1.807, 2.05) is 0 Å². The van der Waals surface area contributed by atoms with Crippen LogP contribution in [-0.4, -0.2) is 19.6 Å². The molecule has 2 N–H and O–H groups in total. The van der Waals surface area contributed by atoms with E-state index in [9.17, 15) is 0 Å². The Bertz CT molecular complexity index is 282. The topological polar surface area (TPSA) is 24.1 Å². The van der Waals surface area contributed by atoms with Crippen molar-refractivity contribution in [3.05, 3.63) is 29.3 Å². The molecule has 0 saturated carbocycles. The van der Waals surface area contributed by atoms with Crippen LogP contribution in [0.3, 0.4) is 0 Å². The van der Waals surface area contributed by atoms with Crippen LogP contribution in [0.25, 0.3) is 0 Å². The highest BCUT2D eigenvalue weighted by Gasteiger charge is 1.98. The number of benzene rings is 1. The number of rotatable bonds is 5. The minimum absolute atomic E-state index is 0.984. The fraction of sp³-hybridized carbons (Fsp3) is 0.500. The van der Waals surface area contributed by atoms with Crippen LogP contribution >= 0.6 is 0 Å². The Hall–Kier alpha value is -1.02. The Morgan fingerprint density at radius 2 is 1.93 bits per heavy atom. The van der Waals surface area contributed by atoms with E-state index in [1.54, 1.807) is 0 Å². The van der Waals surface area contributed by atoms with Gasteiger partial charge in [0.15, 0.2) is 0 Å². The molecule has 2 heteroatoms. The van der Waals surface area contributed by atoms with E-state index >= 15 is 0 Å². The quantitative estimate of drug-likeness (QED) is 0.700. The fourth-order valence-electron chi connectivity index (χ4n) is 1.40. The Kier molecular flexibility index (Phi) is 4.47. The zero-order valence-corrected chi connectivity index (χ0v) is 9.35. The summed E-state index contributed by atoms with van der Waals surface area (Å²) in [7, 11) is 0. The van der Waals surface area contributed by atoms with Crippen molar-refractivity contribution in [2.75, 3.05) is 25.0 Å². The van der Waals surface area contributed by atoms with Gasteiger partial charge in [-0.15, -0.1) is 0 Å². The molecule has 0 saturated heterocycles. The van der Waals surface area contributed by atoms with Gasteiger partial charge < -0.3 is 10.6 Å². The molecular formula is C12H20N2. The van der Waals surface area contributed by atoms with Gasteiger partial charge in [0.2, 0.25) is 0 Å². The molecule has 0 bridgehead atoms. The van der Waals surface area contributed by atoms with Gasteiger partial charge in [0.1, 0.15) is 0 Å². The molecule has 2 nitrogen and oxygen atoms in total. The van der Waals surface area contributed by atoms with Gasteiger partial charge in [0, 0.05) is 18.8 Å². The van der Waals surface area contributed by atoms with Crippen molar-refractivity contribution < 1.29 is 0 Å². The van der Waals surface area contributed by atoms with Gasteiger partial charge in [-0.05, 0) is 37.6 Å². The van der Waals surface area contributed by atoms with Gasteiger partial charge in [0.25, 0.3) is 0 Å². The predicted octanol–water partition coefficient (Wildman–Crippen LogP) is 2.32. The Labute approximate surface area is 86.7 Å². The second kappa shape index (κ2) is 5.66. The van der Waals surface area contributed by atoms with Crippen molar-refractivity contribution >= 4 is 5.69 Å². The molecule has 1 aromatic carbocycles. The molecule has 0 aliphatic rings. The van der Waals surface area contributed by atoms with Gasteiger partial charge in [-0.2, -0.15) is 0 Å². The lowest BCUT2D eigenvalue weighted by Gasteiger charge is -2.11. The monoisotopic (exact) mass is 192 g/mol. The van der Waals surface area contributed by atoms with Crippen molar-refractivity contribution in [2.24, 2.45) is 0 Å². The number of hydrogen-bond acceptors (Lipinski definition) is 2. The second-order valence-corrected chi connectivity index (χ2v) is 3.53. The van der Waals surface area contributed by atoms with Crippen LogP contribution in [0.1, 0.15) is 18.1 Å². The van der Waals surface area contributed by atoms with Crippen LogP contribution in [0.15, 0.2) is 18.2 Å². The molecule has 1 aromatic rings. The van der Waals surface area contributed by atoms with Crippen LogP contribution in [-0.2, 0) is 0 Å². The molecule has 0 aliphatic heterocycles. The molecule has 14 heavy (non-hydrogen) atoms. The third-order valence-electron chi connectivity index (χ3n) is 2.47. The highest BCUT2D eigenvalue weighted by atomic mass is 14.9. The third-order valence-corrected chi connectivity index (χ3v) is 2.47. The molecule has 0 aromatic heterocycles. The third kappa shape index (κ3) is 3.04. The molecule has 78 valence electrons. The largest absolute Gasteiger partial charge is 0.384 e. The zero-order valence-electron chi connectivity index (χ0n) is 9.35. The summed E-state index contributed by atoms with van der Waals surface area (Å²) in [4.78, 5) is 0. The summed E-state index contributed by atoms with van der Waals surface area (Å²) in [6.07, 6.45) is 0. The Morgan fingerprint density at radius 3 is 2.64 bits per heavy atom. The first-order valence-electron chi connectivity index (χ1n) is 5.26. The average molecular weight is 192 g/mol. The van der Waals surface area contributed by atoms with Crippen molar-refractivity contribution in [1.29, 1.82) is 0 Å². The maximum Gasteiger partial charge on any atom is 0.0372 e. The van der Waals surface area contributed by atoms with Crippen molar-refractivity contribution in [3.8, 4) is 0 Å². The average Bonchev–Trinajstić information content (AvgIpc) is 2.19. The summed E-state index contributed by atoms with van der Waals surface area (Å²) in [5.41, 5.74) is 3.95. The van der Waals surface area contributed by atoms with E-state index in [2.05, 4.69) is 49.6 Å². The lowest BCUT2D eigenvalue weighted by Crippen LogP contribution is -2.21. The Morgan fingerprint density at radius 1 is 1.14 bits per heavy atom. The van der Waals surface area contributed by atoms with Gasteiger partial charge in [-0.3, -0.25) is 0 Å². The summed E-state index contributed by atoms with van der Waals surface area (Å²) in [5, 5.41) is 6.72. The number of hydrogen-bond donors (Lipinski definition) is 2. The molecule has 0 aliphatic carbocycles. The van der Waals surface area contributed by atoms with Crippen molar-refractivity contribution in [1.82, 2.24) is 5.32 Å². The Balaban J connectivity index is 2.46. The minimum Gasteiger partial charge on any atom is -0.384 e. The number of aryl methyl sites for hydroxylation is 1. The van der Waals surface area contributed by atoms with Crippen LogP contribution in [0.5, 0.6) is 0 Å². The maximum absolute atomic E-state index is 3.43.